The second-order valence-electron chi connectivity index (χ2n) is 9.33. The van der Waals surface area contributed by atoms with E-state index in [0.717, 1.165) is 0 Å². The molecule has 6 atom stereocenters. The molecule has 0 aliphatic rings. The molecule has 0 spiro atoms. The summed E-state index contributed by atoms with van der Waals surface area (Å²) in [5, 5.41) is 29.0. The van der Waals surface area contributed by atoms with Crippen LogP contribution in [-0.4, -0.2) is 83.2 Å². The van der Waals surface area contributed by atoms with E-state index in [1.54, 1.807) is 27.7 Å². The average molecular weight is 517 g/mol. The minimum absolute atomic E-state index is 0.314. The number of aliphatic hydroxyl groups excluding tert-OH is 1. The molecule has 208 valence electrons. The fraction of sp³-hybridized carbons (Fsp3) is 0.783. The molecule has 13 heteroatoms. The summed E-state index contributed by atoms with van der Waals surface area (Å²) in [5.41, 5.74) is 11.3. The van der Waals surface area contributed by atoms with Gasteiger partial charge in [0.05, 0.1) is 18.7 Å². The quantitative estimate of drug-likeness (QED) is 0.102. The third-order valence-electron chi connectivity index (χ3n) is 5.83. The fourth-order valence-corrected chi connectivity index (χ4v) is 3.27. The summed E-state index contributed by atoms with van der Waals surface area (Å²) in [5.74, 6) is -4.69. The highest BCUT2D eigenvalue weighted by Gasteiger charge is 2.32. The molecule has 0 aromatic carbocycles. The average Bonchev–Trinajstić information content (AvgIpc) is 2.81. The van der Waals surface area contributed by atoms with Crippen molar-refractivity contribution in [3.63, 3.8) is 0 Å². The van der Waals surface area contributed by atoms with Crippen molar-refractivity contribution in [1.29, 1.82) is 0 Å². The Balaban J connectivity index is 5.13. The van der Waals surface area contributed by atoms with E-state index in [4.69, 9.17) is 11.5 Å². The Labute approximate surface area is 212 Å². The maximum atomic E-state index is 12.8. The Morgan fingerprint density at radius 2 is 1.42 bits per heavy atom. The van der Waals surface area contributed by atoms with E-state index in [9.17, 15) is 34.2 Å². The molecule has 0 bridgehead atoms. The first kappa shape index (κ1) is 33.2. The standard InChI is InChI=1S/C23H44N6O7/c1-6-13(4)18(23(35)36)27-16(31)11-26-21(33)17(12(2)3)28-22(34)19(14(5)30)29-20(32)15(25)9-7-8-10-24/h12-15,17-19,30H,6-11,24-25H2,1-5H3,(H,26,33)(H,27,31)(H,28,34)(H,29,32)(H,35,36)/t13-,14+,15-,17-,18-,19-/m0/s1. The van der Waals surface area contributed by atoms with E-state index < -0.39 is 72.3 Å². The fourth-order valence-electron chi connectivity index (χ4n) is 3.27. The number of hydrogen-bond acceptors (Lipinski definition) is 8. The smallest absolute Gasteiger partial charge is 0.326 e. The number of rotatable bonds is 17. The Kier molecular flexibility index (Phi) is 15.5. The number of amides is 4. The van der Waals surface area contributed by atoms with Crippen LogP contribution in [0, 0.1) is 11.8 Å². The monoisotopic (exact) mass is 516 g/mol. The van der Waals surface area contributed by atoms with Crippen molar-refractivity contribution in [2.75, 3.05) is 13.1 Å². The highest BCUT2D eigenvalue weighted by molar-refractivity contribution is 5.94. The number of carboxylic acid groups (broad SMARTS) is 1. The first-order valence-corrected chi connectivity index (χ1v) is 12.3. The molecular weight excluding hydrogens is 472 g/mol. The summed E-state index contributed by atoms with van der Waals surface area (Å²) in [7, 11) is 0. The van der Waals surface area contributed by atoms with E-state index in [-0.39, 0.29) is 5.92 Å². The van der Waals surface area contributed by atoms with Gasteiger partial charge in [0.1, 0.15) is 18.1 Å². The van der Waals surface area contributed by atoms with Gasteiger partial charge < -0.3 is 42.9 Å². The summed E-state index contributed by atoms with van der Waals surface area (Å²) in [6, 6.07) is -4.44. The number of nitrogens with two attached hydrogens (primary N) is 2. The zero-order valence-electron chi connectivity index (χ0n) is 21.9. The van der Waals surface area contributed by atoms with Crippen molar-refractivity contribution in [3.8, 4) is 0 Å². The zero-order valence-corrected chi connectivity index (χ0v) is 21.9. The van der Waals surface area contributed by atoms with Crippen molar-refractivity contribution in [2.24, 2.45) is 23.3 Å². The SMILES string of the molecule is CC[C@H](C)[C@H](NC(=O)CNC(=O)[C@@H](NC(=O)[C@@H](NC(=O)[C@@H](N)CCCCN)[C@@H](C)O)C(C)C)C(=O)O. The van der Waals surface area contributed by atoms with E-state index in [0.29, 0.717) is 32.2 Å². The van der Waals surface area contributed by atoms with E-state index >= 15 is 0 Å². The second-order valence-corrected chi connectivity index (χ2v) is 9.33. The Morgan fingerprint density at radius 1 is 0.833 bits per heavy atom. The summed E-state index contributed by atoms with van der Waals surface area (Å²) in [4.78, 5) is 61.5. The number of aliphatic carboxylic acids is 1. The molecule has 0 fully saturated rings. The zero-order chi connectivity index (χ0) is 28.0. The van der Waals surface area contributed by atoms with Gasteiger partial charge in [-0.2, -0.15) is 0 Å². The van der Waals surface area contributed by atoms with E-state index in [2.05, 4.69) is 21.3 Å². The van der Waals surface area contributed by atoms with Gasteiger partial charge in [-0.25, -0.2) is 4.79 Å². The predicted octanol–water partition coefficient (Wildman–Crippen LogP) is -1.82. The molecule has 36 heavy (non-hydrogen) atoms. The number of aliphatic hydroxyl groups is 1. The van der Waals surface area contributed by atoms with Crippen molar-refractivity contribution in [3.05, 3.63) is 0 Å². The van der Waals surface area contributed by atoms with Crippen LogP contribution in [0.1, 0.15) is 60.3 Å². The first-order chi connectivity index (χ1) is 16.8. The lowest BCUT2D eigenvalue weighted by Gasteiger charge is -2.27. The predicted molar refractivity (Wildman–Crippen MR) is 133 cm³/mol. The van der Waals surface area contributed by atoms with Crippen LogP contribution in [0.2, 0.25) is 0 Å². The normalized spacial score (nSPS) is 16.1. The van der Waals surface area contributed by atoms with Gasteiger partial charge in [-0.1, -0.05) is 40.5 Å². The van der Waals surface area contributed by atoms with Crippen LogP contribution in [0.3, 0.4) is 0 Å². The minimum Gasteiger partial charge on any atom is -0.480 e. The molecule has 0 aromatic rings. The lowest BCUT2D eigenvalue weighted by Crippen LogP contribution is -2.60. The lowest BCUT2D eigenvalue weighted by atomic mass is 9.99. The van der Waals surface area contributed by atoms with Crippen LogP contribution in [0.25, 0.3) is 0 Å². The van der Waals surface area contributed by atoms with Gasteiger partial charge in [0, 0.05) is 0 Å². The molecule has 0 aromatic heterocycles. The first-order valence-electron chi connectivity index (χ1n) is 12.3. The van der Waals surface area contributed by atoms with Gasteiger partial charge >= 0.3 is 5.97 Å². The summed E-state index contributed by atoms with van der Waals surface area (Å²) < 4.78 is 0. The van der Waals surface area contributed by atoms with Crippen molar-refractivity contribution < 1.29 is 34.2 Å². The maximum absolute atomic E-state index is 12.8. The van der Waals surface area contributed by atoms with E-state index in [1.165, 1.54) is 6.92 Å². The second kappa shape index (κ2) is 16.8. The van der Waals surface area contributed by atoms with Gasteiger partial charge in [0.25, 0.3) is 0 Å². The molecule has 0 radical (unpaired) electrons. The van der Waals surface area contributed by atoms with Crippen molar-refractivity contribution in [2.45, 2.75) is 90.6 Å². The van der Waals surface area contributed by atoms with Crippen molar-refractivity contribution in [1.82, 2.24) is 21.3 Å². The molecule has 13 nitrogen and oxygen atoms in total. The van der Waals surface area contributed by atoms with Crippen LogP contribution in [-0.2, 0) is 24.0 Å². The largest absolute Gasteiger partial charge is 0.480 e. The molecule has 0 unspecified atom stereocenters. The van der Waals surface area contributed by atoms with Crippen LogP contribution in [0.4, 0.5) is 0 Å². The molecular formula is C23H44N6O7. The van der Waals surface area contributed by atoms with Gasteiger partial charge in [-0.15, -0.1) is 0 Å². The number of hydrogen-bond donors (Lipinski definition) is 8. The minimum atomic E-state index is -1.36. The van der Waals surface area contributed by atoms with Crippen LogP contribution < -0.4 is 32.7 Å². The number of carboxylic acids is 1. The summed E-state index contributed by atoms with van der Waals surface area (Å²) in [6.45, 7) is 8.09. The topological polar surface area (TPSA) is 226 Å². The molecule has 0 heterocycles. The maximum Gasteiger partial charge on any atom is 0.326 e. The molecule has 0 rings (SSSR count). The highest BCUT2D eigenvalue weighted by atomic mass is 16.4. The third-order valence-corrected chi connectivity index (χ3v) is 5.83. The van der Waals surface area contributed by atoms with Crippen LogP contribution in [0.5, 0.6) is 0 Å². The van der Waals surface area contributed by atoms with E-state index in [1.807, 2.05) is 0 Å². The molecule has 0 saturated heterocycles. The Hall–Kier alpha value is -2.77. The summed E-state index contributed by atoms with van der Waals surface area (Å²) >= 11 is 0. The van der Waals surface area contributed by atoms with Gasteiger partial charge in [0.2, 0.25) is 23.6 Å². The molecule has 0 aliphatic heterocycles. The van der Waals surface area contributed by atoms with Crippen molar-refractivity contribution >= 4 is 29.6 Å². The molecule has 4 amide bonds. The third kappa shape index (κ3) is 11.8. The highest BCUT2D eigenvalue weighted by Crippen LogP contribution is 2.08. The number of carbonyl (C=O) groups excluding carboxylic acids is 4. The van der Waals surface area contributed by atoms with Crippen LogP contribution >= 0.6 is 0 Å². The van der Waals surface area contributed by atoms with Gasteiger partial charge in [-0.05, 0) is 38.1 Å². The molecule has 10 N–H and O–H groups in total. The lowest BCUT2D eigenvalue weighted by molar-refractivity contribution is -0.143. The van der Waals surface area contributed by atoms with Gasteiger partial charge in [-0.3, -0.25) is 19.2 Å². The molecule has 0 aliphatic carbocycles. The summed E-state index contributed by atoms with van der Waals surface area (Å²) in [6.07, 6.45) is 0.935. The Bertz CT molecular complexity index is 746. The number of carbonyl (C=O) groups is 5. The molecule has 0 saturated carbocycles. The van der Waals surface area contributed by atoms with Gasteiger partial charge in [0.15, 0.2) is 0 Å². The Morgan fingerprint density at radius 3 is 1.89 bits per heavy atom. The van der Waals surface area contributed by atoms with Crippen LogP contribution in [0.15, 0.2) is 0 Å². The number of nitrogens with one attached hydrogen (secondary N) is 4. The number of unbranched alkanes of at least 4 members (excludes halogenated alkanes) is 1.